The quantitative estimate of drug-likeness (QED) is 0.255. The minimum Gasteiger partial charge on any atom is -0.480 e. The maximum atomic E-state index is 15.2. The summed E-state index contributed by atoms with van der Waals surface area (Å²) < 4.78 is 79.3. The molecule has 1 aliphatic rings. The number of anilines is 1. The van der Waals surface area contributed by atoms with Crippen LogP contribution >= 0.6 is 11.6 Å². The number of nitrogens with zero attached hydrogens (tertiary/aromatic N) is 2. The van der Waals surface area contributed by atoms with E-state index in [2.05, 4.69) is 15.3 Å². The summed E-state index contributed by atoms with van der Waals surface area (Å²) in [5, 5.41) is 1.96. The lowest BCUT2D eigenvalue weighted by Crippen LogP contribution is -2.32. The van der Waals surface area contributed by atoms with Crippen molar-refractivity contribution < 1.29 is 41.0 Å². The van der Waals surface area contributed by atoms with Gasteiger partial charge >= 0.3 is 12.1 Å². The predicted octanol–water partition coefficient (Wildman–Crippen LogP) is 6.25. The van der Waals surface area contributed by atoms with E-state index in [-0.39, 0.29) is 22.9 Å². The largest absolute Gasteiger partial charge is 0.480 e. The van der Waals surface area contributed by atoms with Gasteiger partial charge in [-0.2, -0.15) is 13.2 Å². The van der Waals surface area contributed by atoms with Gasteiger partial charge in [-0.25, -0.2) is 8.78 Å². The van der Waals surface area contributed by atoms with Gasteiger partial charge in [0.15, 0.2) is 6.10 Å². The minimum absolute atomic E-state index is 0.0930. The summed E-state index contributed by atoms with van der Waals surface area (Å²) in [4.78, 5) is 33.6. The normalized spacial score (nSPS) is 14.9. The molecule has 0 saturated heterocycles. The van der Waals surface area contributed by atoms with Crippen molar-refractivity contribution in [2.45, 2.75) is 44.4 Å². The average molecular weight is 570 g/mol. The van der Waals surface area contributed by atoms with Crippen LogP contribution in [0.5, 0.6) is 5.75 Å². The average Bonchev–Trinajstić information content (AvgIpc) is 3.69. The van der Waals surface area contributed by atoms with Crippen LogP contribution in [-0.4, -0.2) is 40.7 Å². The van der Waals surface area contributed by atoms with Crippen LogP contribution in [0.25, 0.3) is 11.3 Å². The molecule has 2 aromatic carbocycles. The lowest BCUT2D eigenvalue weighted by molar-refractivity contribution is -0.189. The fraction of sp³-hybridized carbons (Fsp3) is 0.308. The van der Waals surface area contributed by atoms with E-state index in [0.717, 1.165) is 18.3 Å². The molecule has 3 aromatic rings. The van der Waals surface area contributed by atoms with Gasteiger partial charge in [-0.1, -0.05) is 17.7 Å². The van der Waals surface area contributed by atoms with Gasteiger partial charge in [0.25, 0.3) is 5.91 Å². The smallest absolute Gasteiger partial charge is 0.425 e. The Morgan fingerprint density at radius 3 is 2.41 bits per heavy atom. The topological polar surface area (TPSA) is 90.4 Å². The minimum atomic E-state index is -4.82. The molecule has 13 heteroatoms. The SMILES string of the molecule is CCOC(=O)C1(c2cnc(-c3cc(O[C@@H](C)C(F)(F)F)c(C(=O)Nc4c(F)cccc4Cl)cc3F)cn2)CC1. The summed E-state index contributed by atoms with van der Waals surface area (Å²) in [6, 6.07) is 5.09. The van der Waals surface area contributed by atoms with Crippen molar-refractivity contribution in [3.63, 3.8) is 0 Å². The van der Waals surface area contributed by atoms with Crippen LogP contribution in [0.1, 0.15) is 42.7 Å². The summed E-state index contributed by atoms with van der Waals surface area (Å²) in [7, 11) is 0. The van der Waals surface area contributed by atoms with Crippen LogP contribution in [0.3, 0.4) is 0 Å². The highest BCUT2D eigenvalue weighted by Crippen LogP contribution is 2.48. The van der Waals surface area contributed by atoms with Crippen molar-refractivity contribution in [2.75, 3.05) is 11.9 Å². The van der Waals surface area contributed by atoms with Gasteiger partial charge in [0, 0.05) is 5.56 Å². The zero-order chi connectivity index (χ0) is 28.5. The number of carbonyl (C=O) groups excluding carboxylic acids is 2. The van der Waals surface area contributed by atoms with Crippen molar-refractivity contribution in [2.24, 2.45) is 0 Å². The monoisotopic (exact) mass is 569 g/mol. The molecule has 1 heterocycles. The van der Waals surface area contributed by atoms with E-state index in [4.69, 9.17) is 21.1 Å². The summed E-state index contributed by atoms with van der Waals surface area (Å²) in [5.41, 5.74) is -2.13. The number of hydrogen-bond donors (Lipinski definition) is 1. The molecule has 4 rings (SSSR count). The third-order valence-electron chi connectivity index (χ3n) is 6.11. The second-order valence-corrected chi connectivity index (χ2v) is 9.18. The molecule has 1 N–H and O–H groups in total. The Labute approximate surface area is 224 Å². The fourth-order valence-electron chi connectivity index (χ4n) is 3.75. The maximum absolute atomic E-state index is 15.2. The van der Waals surface area contributed by atoms with Crippen molar-refractivity contribution in [1.82, 2.24) is 9.97 Å². The number of benzene rings is 2. The third kappa shape index (κ3) is 5.80. The molecule has 1 aromatic heterocycles. The molecule has 1 atom stereocenters. The molecule has 1 aliphatic carbocycles. The van der Waals surface area contributed by atoms with Gasteiger partial charge in [-0.3, -0.25) is 19.6 Å². The number of esters is 1. The molecule has 0 aliphatic heterocycles. The Morgan fingerprint density at radius 2 is 1.85 bits per heavy atom. The predicted molar refractivity (Wildman–Crippen MR) is 130 cm³/mol. The van der Waals surface area contributed by atoms with Gasteiger partial charge in [-0.15, -0.1) is 0 Å². The first kappa shape index (κ1) is 28.2. The molecule has 1 fully saturated rings. The number of carbonyl (C=O) groups is 2. The Morgan fingerprint density at radius 1 is 1.13 bits per heavy atom. The number of hydrogen-bond acceptors (Lipinski definition) is 6. The van der Waals surface area contributed by atoms with Gasteiger partial charge in [0.1, 0.15) is 22.8 Å². The van der Waals surface area contributed by atoms with Crippen molar-refractivity contribution >= 4 is 29.2 Å². The van der Waals surface area contributed by atoms with E-state index in [1.165, 1.54) is 18.3 Å². The van der Waals surface area contributed by atoms with Crippen LogP contribution in [-0.2, 0) is 14.9 Å². The highest BCUT2D eigenvalue weighted by Gasteiger charge is 2.54. The number of aromatic nitrogens is 2. The van der Waals surface area contributed by atoms with Crippen molar-refractivity contribution in [3.05, 3.63) is 70.6 Å². The maximum Gasteiger partial charge on any atom is 0.425 e. The first-order chi connectivity index (χ1) is 18.4. The number of para-hydroxylation sites is 1. The van der Waals surface area contributed by atoms with E-state index >= 15 is 4.39 Å². The Balaban J connectivity index is 1.71. The fourth-order valence-corrected chi connectivity index (χ4v) is 3.96. The van der Waals surface area contributed by atoms with Gasteiger partial charge in [-0.05, 0) is 51.0 Å². The second-order valence-electron chi connectivity index (χ2n) is 8.77. The lowest BCUT2D eigenvalue weighted by atomic mass is 10.0. The van der Waals surface area contributed by atoms with E-state index in [9.17, 15) is 27.2 Å². The van der Waals surface area contributed by atoms with E-state index < -0.39 is 58.2 Å². The van der Waals surface area contributed by atoms with Gasteiger partial charge in [0.05, 0.1) is 46.7 Å². The molecular weight excluding hydrogens is 549 g/mol. The van der Waals surface area contributed by atoms with E-state index in [0.29, 0.717) is 31.5 Å². The molecule has 0 spiro atoms. The van der Waals surface area contributed by atoms with Crippen LogP contribution in [0.4, 0.5) is 27.6 Å². The zero-order valence-corrected chi connectivity index (χ0v) is 21.3. The van der Waals surface area contributed by atoms with Gasteiger partial charge < -0.3 is 14.8 Å². The highest BCUT2D eigenvalue weighted by atomic mass is 35.5. The summed E-state index contributed by atoms with van der Waals surface area (Å²) in [5.74, 6) is -4.22. The number of halogens is 6. The Bertz CT molecular complexity index is 1390. The standard InChI is InChI=1S/C26H21ClF5N3O4/c1-3-38-24(37)25(7-8-25)21-12-33-19(11-34-21)14-10-20(39-13(2)26(30,31)32)15(9-18(14)29)23(36)35-22-16(27)5-4-6-17(22)28/h4-6,9-13H,3,7-8H2,1-2H3,(H,35,36)/t13-/m0/s1. The summed E-state index contributed by atoms with van der Waals surface area (Å²) in [6.07, 6.45) is -3.78. The molecule has 7 nitrogen and oxygen atoms in total. The van der Waals surface area contributed by atoms with Gasteiger partial charge in [0.2, 0.25) is 0 Å². The Hall–Kier alpha value is -3.80. The molecular formula is C26H21ClF5N3O4. The number of ether oxygens (including phenoxy) is 2. The van der Waals surface area contributed by atoms with Crippen LogP contribution in [0.15, 0.2) is 42.7 Å². The second kappa shape index (κ2) is 10.8. The number of alkyl halides is 3. The van der Waals surface area contributed by atoms with Crippen LogP contribution < -0.4 is 10.1 Å². The highest BCUT2D eigenvalue weighted by molar-refractivity contribution is 6.34. The number of nitrogens with one attached hydrogen (secondary N) is 1. The zero-order valence-electron chi connectivity index (χ0n) is 20.5. The van der Waals surface area contributed by atoms with Crippen LogP contribution in [0, 0.1) is 11.6 Å². The number of amides is 1. The molecule has 1 amide bonds. The number of rotatable bonds is 8. The van der Waals surface area contributed by atoms with Crippen molar-refractivity contribution in [3.8, 4) is 17.0 Å². The Kier molecular flexibility index (Phi) is 7.78. The molecule has 1 saturated carbocycles. The lowest BCUT2D eigenvalue weighted by Gasteiger charge is -2.21. The molecule has 0 unspecified atom stereocenters. The summed E-state index contributed by atoms with van der Waals surface area (Å²) in [6.45, 7) is 2.55. The van der Waals surface area contributed by atoms with Crippen molar-refractivity contribution in [1.29, 1.82) is 0 Å². The first-order valence-electron chi connectivity index (χ1n) is 11.7. The summed E-state index contributed by atoms with van der Waals surface area (Å²) >= 11 is 5.91. The van der Waals surface area contributed by atoms with E-state index in [1.54, 1.807) is 6.92 Å². The van der Waals surface area contributed by atoms with E-state index in [1.807, 2.05) is 0 Å². The molecule has 206 valence electrons. The third-order valence-corrected chi connectivity index (χ3v) is 6.43. The first-order valence-corrected chi connectivity index (χ1v) is 12.1. The van der Waals surface area contributed by atoms with Crippen LogP contribution in [0.2, 0.25) is 5.02 Å². The molecule has 0 radical (unpaired) electrons. The molecule has 39 heavy (non-hydrogen) atoms. The molecule has 0 bridgehead atoms.